The Hall–Kier alpha value is -10.7. The van der Waals surface area contributed by atoms with Crippen molar-refractivity contribution in [3.05, 3.63) is 203 Å². The van der Waals surface area contributed by atoms with Crippen LogP contribution in [0, 0.1) is 5.41 Å². The first-order valence-electron chi connectivity index (χ1n) is 28.9. The van der Waals surface area contributed by atoms with Crippen LogP contribution in [0.15, 0.2) is 175 Å². The molecule has 4 N–H and O–H groups in total. The van der Waals surface area contributed by atoms with Crippen LogP contribution in [0.4, 0.5) is 22.4 Å². The number of nitrogens with one attached hydrogen (secondary N) is 4. The molecule has 10 rings (SSSR count). The van der Waals surface area contributed by atoms with Crippen LogP contribution in [0.1, 0.15) is 140 Å². The summed E-state index contributed by atoms with van der Waals surface area (Å²) in [6.07, 6.45) is 8.48. The van der Waals surface area contributed by atoms with Gasteiger partial charge in [-0.3, -0.25) is 34.0 Å². The van der Waals surface area contributed by atoms with Crippen LogP contribution >= 0.6 is 0 Å². The van der Waals surface area contributed by atoms with E-state index in [4.69, 9.17) is 9.47 Å². The molecule has 0 atom stereocenters. The predicted octanol–water partition coefficient (Wildman–Crippen LogP) is 12.3. The third-order valence-electron chi connectivity index (χ3n) is 13.2. The number of aromatic nitrogens is 10. The van der Waals surface area contributed by atoms with Gasteiger partial charge in [0, 0.05) is 53.4 Å². The van der Waals surface area contributed by atoms with Crippen LogP contribution in [0.25, 0.3) is 22.3 Å². The molecule has 4 aromatic carbocycles. The number of nitrogens with zero attached hydrogens (tertiary/aromatic N) is 11. The molecule has 5 aromatic heterocycles. The highest BCUT2D eigenvalue weighted by Crippen LogP contribution is 2.27. The number of fused-ring (bicyclic) bond motifs is 2. The Morgan fingerprint density at radius 1 is 0.611 bits per heavy atom. The molecule has 0 bridgehead atoms. The van der Waals surface area contributed by atoms with E-state index in [0.717, 1.165) is 16.7 Å². The molecule has 0 fully saturated rings. The number of carbonyl (C=O) groups excluding carboxylic acids is 5. The van der Waals surface area contributed by atoms with E-state index < -0.39 is 5.41 Å². The number of esters is 1. The van der Waals surface area contributed by atoms with Crippen molar-refractivity contribution in [3.8, 4) is 11.6 Å². The highest BCUT2D eigenvalue weighted by Gasteiger charge is 2.25. The number of benzene rings is 4. The topological polar surface area (TPSA) is 277 Å². The van der Waals surface area contributed by atoms with Gasteiger partial charge in [-0.05, 0) is 142 Å². The highest BCUT2D eigenvalue weighted by molar-refractivity contribution is 6.06. The Morgan fingerprint density at radius 2 is 1.17 bits per heavy atom. The van der Waals surface area contributed by atoms with Gasteiger partial charge >= 0.3 is 17.7 Å². The van der Waals surface area contributed by atoms with Crippen molar-refractivity contribution < 1.29 is 33.4 Å². The molecule has 23 nitrogen and oxygen atoms in total. The summed E-state index contributed by atoms with van der Waals surface area (Å²) >= 11 is 0. The molecule has 0 spiro atoms. The summed E-state index contributed by atoms with van der Waals surface area (Å²) in [5, 5.41) is 10.9. The van der Waals surface area contributed by atoms with Gasteiger partial charge in [0.15, 0.2) is 28.1 Å². The van der Waals surface area contributed by atoms with Gasteiger partial charge < -0.3 is 34.6 Å². The Balaban J connectivity index is 0.000000207. The van der Waals surface area contributed by atoms with Crippen molar-refractivity contribution in [3.63, 3.8) is 0 Å². The molecule has 470 valence electrons. The monoisotopic (exact) mass is 1220 g/mol. The van der Waals surface area contributed by atoms with Gasteiger partial charge in [-0.15, -0.1) is 0 Å². The Labute approximate surface area is 523 Å². The van der Waals surface area contributed by atoms with Gasteiger partial charge in [0.25, 0.3) is 11.8 Å². The van der Waals surface area contributed by atoms with Crippen molar-refractivity contribution in [2.75, 3.05) is 16.0 Å². The van der Waals surface area contributed by atoms with Gasteiger partial charge in [-0.2, -0.15) is 15.0 Å². The maximum Gasteiger partial charge on any atom is 0.349 e. The third kappa shape index (κ3) is 18.7. The van der Waals surface area contributed by atoms with Crippen LogP contribution in [0.5, 0.6) is 11.6 Å². The van der Waals surface area contributed by atoms with Crippen molar-refractivity contribution >= 4 is 69.6 Å². The van der Waals surface area contributed by atoms with Gasteiger partial charge in [-0.1, -0.05) is 92.9 Å². The zero-order valence-electron chi connectivity index (χ0n) is 52.0. The van der Waals surface area contributed by atoms with Crippen LogP contribution in [0.2, 0.25) is 0 Å². The van der Waals surface area contributed by atoms with E-state index in [1.54, 1.807) is 99.1 Å². The summed E-state index contributed by atoms with van der Waals surface area (Å²) in [6.45, 7) is 27.1. The molecular weight excluding hydrogens is 1140 g/mol. The van der Waals surface area contributed by atoms with E-state index in [1.165, 1.54) is 10.9 Å². The zero-order valence-corrected chi connectivity index (χ0v) is 52.0. The molecule has 5 amide bonds. The number of rotatable bonds is 15. The molecular formula is C67H79N15O8. The molecule has 23 heteroatoms. The molecule has 1 aliphatic rings. The first-order valence-corrected chi connectivity index (χ1v) is 28.9. The second-order valence-corrected chi connectivity index (χ2v) is 22.7. The van der Waals surface area contributed by atoms with Gasteiger partial charge in [0.2, 0.25) is 17.7 Å². The highest BCUT2D eigenvalue weighted by atomic mass is 16.5. The fraction of sp³-hybridized carbons (Fsp3) is 0.299. The minimum Gasteiger partial charge on any atom is -0.471 e. The van der Waals surface area contributed by atoms with Crippen molar-refractivity contribution in [1.29, 1.82) is 0 Å². The first kappa shape index (κ1) is 68.4. The molecule has 0 radical (unpaired) electrons. The van der Waals surface area contributed by atoms with Crippen LogP contribution < -0.4 is 36.4 Å². The number of anilines is 3. The lowest BCUT2D eigenvalue weighted by atomic mass is 9.97. The van der Waals surface area contributed by atoms with E-state index in [0.29, 0.717) is 50.7 Å². The molecule has 0 saturated carbocycles. The minimum absolute atomic E-state index is 0. The normalized spacial score (nSPS) is 11.9. The van der Waals surface area contributed by atoms with E-state index >= 15 is 0 Å². The third-order valence-corrected chi connectivity index (χ3v) is 13.2. The summed E-state index contributed by atoms with van der Waals surface area (Å²) in [5.41, 5.74) is 5.95. The quantitative estimate of drug-likeness (QED) is 0.0548. The van der Waals surface area contributed by atoms with Crippen molar-refractivity contribution in [2.24, 2.45) is 5.41 Å². The fourth-order valence-corrected chi connectivity index (χ4v) is 8.21. The molecule has 0 saturated heterocycles. The molecule has 6 heterocycles. The number of allylic oxidation sites excluding steroid dienone is 1. The van der Waals surface area contributed by atoms with Crippen LogP contribution in [0.3, 0.4) is 0 Å². The lowest BCUT2D eigenvalue weighted by Gasteiger charge is -2.28. The number of urea groups is 1. The number of amides is 5. The zero-order chi connectivity index (χ0) is 64.5. The van der Waals surface area contributed by atoms with E-state index in [2.05, 4.69) is 62.7 Å². The average Bonchev–Trinajstić information content (AvgIpc) is 1.68. The number of hydrogen-bond donors (Lipinski definition) is 4. The molecule has 0 unspecified atom stereocenters. The van der Waals surface area contributed by atoms with Crippen LogP contribution in [-0.4, -0.2) is 89.3 Å². The van der Waals surface area contributed by atoms with Gasteiger partial charge in [0.05, 0.1) is 24.5 Å². The SMILES string of the molecule is C.C=C1NC(=O)N(C(C)C)C=C1C.CC(C)n1ccc(NC(=O)c2ccccc2)nc1=O.CC(C)n1cnc2c(NC(=O)c3ccccc3)ncnc21.CC(C)n1cnc2c(OCc3ccc(OC(=O)C(C)(C)C)cc3)nc(NC(=O)Cc3ccccc3)nc21. The molecule has 90 heavy (non-hydrogen) atoms. The van der Waals surface area contributed by atoms with Gasteiger partial charge in [-0.25, -0.2) is 29.5 Å². The van der Waals surface area contributed by atoms with E-state index in [-0.39, 0.29) is 97.7 Å². The summed E-state index contributed by atoms with van der Waals surface area (Å²) in [4.78, 5) is 103. The fourth-order valence-electron chi connectivity index (χ4n) is 8.21. The summed E-state index contributed by atoms with van der Waals surface area (Å²) in [7, 11) is 0. The summed E-state index contributed by atoms with van der Waals surface area (Å²) in [6, 6.07) is 36.4. The predicted molar refractivity (Wildman–Crippen MR) is 349 cm³/mol. The maximum absolute atomic E-state index is 12.6. The standard InChI is InChI=1S/C28H31N5O4.C15H15N5O.C14H15N3O2.C9H14N2O.CH4/c1-18(2)33-17-29-23-24(33)31-27(30-22(34)15-19-9-7-6-8-10-19)32-25(23)36-16-20-11-13-21(14-12-20)37-26(35)28(3,4)5;1-10(2)20-9-18-12-13(16-8-17-14(12)20)19-15(21)11-6-4-3-5-7-11;1-10(2)17-9-8-12(16-14(17)19)15-13(18)11-6-4-3-5-7-11;1-6(2)11-5-7(3)8(4)10-9(11)12;/h6-14,17-18H,15-16H2,1-5H3,(H,30,31,32,34);3-10H,1-2H3,(H,16,17,19,21);3-10H,1-2H3,(H,15,16,18,19);5-6H,4H2,1-3H3,(H,10,12);1H4. The van der Waals surface area contributed by atoms with E-state index in [1.807, 2.05) is 144 Å². The molecule has 0 aliphatic carbocycles. The van der Waals surface area contributed by atoms with E-state index in [9.17, 15) is 28.8 Å². The second kappa shape index (κ2) is 31.3. The molecule has 1 aliphatic heterocycles. The Kier molecular flexibility index (Phi) is 23.8. The number of imidazole rings is 2. The van der Waals surface area contributed by atoms with Gasteiger partial charge in [0.1, 0.15) is 24.5 Å². The first-order chi connectivity index (χ1) is 42.4. The summed E-state index contributed by atoms with van der Waals surface area (Å²) < 4.78 is 16.8. The van der Waals surface area contributed by atoms with Crippen LogP contribution in [-0.2, 0) is 22.6 Å². The number of carbonyl (C=O) groups is 5. The Bertz CT molecular complexity index is 4020. The second-order valence-electron chi connectivity index (χ2n) is 22.7. The van der Waals surface area contributed by atoms with Crippen molar-refractivity contribution in [2.45, 2.75) is 128 Å². The Morgan fingerprint density at radius 3 is 1.72 bits per heavy atom. The number of hydrogen-bond acceptors (Lipinski definition) is 15. The average molecular weight is 1220 g/mol. The minimum atomic E-state index is -0.590. The lowest BCUT2D eigenvalue weighted by molar-refractivity contribution is -0.143. The van der Waals surface area contributed by atoms with Crippen molar-refractivity contribution in [1.82, 2.24) is 58.8 Å². The summed E-state index contributed by atoms with van der Waals surface area (Å²) in [5.74, 6) is 0.536. The lowest BCUT2D eigenvalue weighted by Crippen LogP contribution is -2.43. The molecule has 9 aromatic rings. The largest absolute Gasteiger partial charge is 0.471 e. The number of ether oxygens (including phenoxy) is 2. The smallest absolute Gasteiger partial charge is 0.349 e. The maximum atomic E-state index is 12.6.